The lowest BCUT2D eigenvalue weighted by atomic mass is 10.1. The van der Waals surface area contributed by atoms with Gasteiger partial charge in [0.1, 0.15) is 0 Å². The van der Waals surface area contributed by atoms with Crippen LogP contribution in [0.25, 0.3) is 0 Å². The van der Waals surface area contributed by atoms with E-state index in [1.807, 2.05) is 4.90 Å². The third-order valence-corrected chi connectivity index (χ3v) is 3.95. The van der Waals surface area contributed by atoms with E-state index in [0.29, 0.717) is 5.56 Å². The molecular formula is C16H25N3O2. The fourth-order valence-electron chi connectivity index (χ4n) is 2.87. The van der Waals surface area contributed by atoms with Crippen molar-refractivity contribution in [2.75, 3.05) is 25.0 Å². The minimum atomic E-state index is 0.0800. The predicted octanol–water partition coefficient (Wildman–Crippen LogP) is 2.28. The van der Waals surface area contributed by atoms with Gasteiger partial charge in [-0.1, -0.05) is 6.92 Å². The van der Waals surface area contributed by atoms with Crippen molar-refractivity contribution in [3.63, 3.8) is 0 Å². The number of likely N-dealkylation sites (tertiary alicyclic amines) is 1. The Labute approximate surface area is 126 Å². The van der Waals surface area contributed by atoms with Crippen LogP contribution in [0.4, 0.5) is 5.69 Å². The molecule has 0 radical (unpaired) electrons. The molecule has 1 aliphatic heterocycles. The van der Waals surface area contributed by atoms with Gasteiger partial charge in [-0.25, -0.2) is 0 Å². The van der Waals surface area contributed by atoms with Crippen molar-refractivity contribution in [2.45, 2.75) is 45.1 Å². The van der Waals surface area contributed by atoms with Crippen LogP contribution in [0, 0.1) is 0 Å². The summed E-state index contributed by atoms with van der Waals surface area (Å²) >= 11 is 0. The zero-order valence-corrected chi connectivity index (χ0v) is 12.7. The molecular weight excluding hydrogens is 266 g/mol. The van der Waals surface area contributed by atoms with E-state index >= 15 is 0 Å². The molecule has 2 rings (SSSR count). The highest BCUT2D eigenvalue weighted by Gasteiger charge is 2.29. The van der Waals surface area contributed by atoms with Crippen molar-refractivity contribution >= 4 is 11.6 Å². The van der Waals surface area contributed by atoms with Gasteiger partial charge >= 0.3 is 0 Å². The Hall–Kier alpha value is -1.62. The van der Waals surface area contributed by atoms with E-state index < -0.39 is 0 Å². The largest absolute Gasteiger partial charge is 0.396 e. The molecule has 1 saturated heterocycles. The quantitative estimate of drug-likeness (QED) is 0.809. The monoisotopic (exact) mass is 291 g/mol. The van der Waals surface area contributed by atoms with Crippen molar-refractivity contribution in [2.24, 2.45) is 0 Å². The molecule has 5 nitrogen and oxygen atoms in total. The fourth-order valence-corrected chi connectivity index (χ4v) is 2.87. The number of aromatic nitrogens is 1. The first-order valence-electron chi connectivity index (χ1n) is 7.87. The molecule has 0 aliphatic carbocycles. The Balaban J connectivity index is 2.11. The summed E-state index contributed by atoms with van der Waals surface area (Å²) in [4.78, 5) is 18.9. The lowest BCUT2D eigenvalue weighted by Gasteiger charge is -2.25. The minimum Gasteiger partial charge on any atom is -0.396 e. The molecule has 0 bridgehead atoms. The Kier molecular flexibility index (Phi) is 5.99. The maximum absolute atomic E-state index is 12.8. The van der Waals surface area contributed by atoms with Gasteiger partial charge in [0.05, 0.1) is 17.4 Å². The summed E-state index contributed by atoms with van der Waals surface area (Å²) in [5.41, 5.74) is 1.52. The number of rotatable bonds is 7. The summed E-state index contributed by atoms with van der Waals surface area (Å²) in [5, 5.41) is 12.3. The molecule has 1 amide bonds. The number of aliphatic hydroxyl groups excluding tert-OH is 1. The van der Waals surface area contributed by atoms with Gasteiger partial charge in [0.15, 0.2) is 0 Å². The Morgan fingerprint density at radius 1 is 1.57 bits per heavy atom. The van der Waals surface area contributed by atoms with Gasteiger partial charge in [0, 0.05) is 31.9 Å². The molecule has 1 unspecified atom stereocenters. The summed E-state index contributed by atoms with van der Waals surface area (Å²) in [5.74, 6) is 0.0800. The summed E-state index contributed by atoms with van der Waals surface area (Å²) in [6.45, 7) is 3.93. The predicted molar refractivity (Wildman–Crippen MR) is 83.4 cm³/mol. The number of pyridine rings is 1. The van der Waals surface area contributed by atoms with Gasteiger partial charge in [-0.15, -0.1) is 0 Å². The minimum absolute atomic E-state index is 0.0800. The molecule has 1 atom stereocenters. The lowest BCUT2D eigenvalue weighted by Crippen LogP contribution is -2.36. The van der Waals surface area contributed by atoms with Crippen LogP contribution >= 0.6 is 0 Å². The third kappa shape index (κ3) is 3.94. The van der Waals surface area contributed by atoms with Gasteiger partial charge < -0.3 is 15.3 Å². The number of carbonyl (C=O) groups excluding carboxylic acids is 1. The molecule has 2 N–H and O–H groups in total. The van der Waals surface area contributed by atoms with E-state index in [0.717, 1.165) is 50.9 Å². The maximum Gasteiger partial charge on any atom is 0.256 e. The van der Waals surface area contributed by atoms with Crippen LogP contribution in [0.2, 0.25) is 0 Å². The Morgan fingerprint density at radius 3 is 3.19 bits per heavy atom. The second kappa shape index (κ2) is 7.98. The molecule has 5 heteroatoms. The number of nitrogens with one attached hydrogen (secondary N) is 1. The van der Waals surface area contributed by atoms with E-state index in [2.05, 4.69) is 17.2 Å². The molecule has 116 valence electrons. The molecule has 1 aromatic heterocycles. The average molecular weight is 291 g/mol. The van der Waals surface area contributed by atoms with Crippen LogP contribution in [-0.4, -0.2) is 46.6 Å². The van der Waals surface area contributed by atoms with E-state index in [-0.39, 0.29) is 18.6 Å². The Bertz CT molecular complexity index is 465. The fraction of sp³-hybridized carbons (Fsp3) is 0.625. The standard InChI is InChI=1S/C16H25N3O2/c1-2-8-18-15-12-17-9-7-14(15)16(21)19-10-3-5-13(19)6-4-11-20/h7,9,12-13,18,20H,2-6,8,10-11H2,1H3. The number of hydrogen-bond acceptors (Lipinski definition) is 4. The van der Waals surface area contributed by atoms with Gasteiger partial charge in [0.25, 0.3) is 5.91 Å². The van der Waals surface area contributed by atoms with Crippen LogP contribution in [0.1, 0.15) is 49.4 Å². The Morgan fingerprint density at radius 2 is 2.43 bits per heavy atom. The molecule has 1 aromatic rings. The van der Waals surface area contributed by atoms with Crippen molar-refractivity contribution < 1.29 is 9.90 Å². The molecule has 1 fully saturated rings. The number of anilines is 1. The van der Waals surface area contributed by atoms with Crippen LogP contribution in [0.3, 0.4) is 0 Å². The van der Waals surface area contributed by atoms with Crippen LogP contribution in [-0.2, 0) is 0 Å². The second-order valence-corrected chi connectivity index (χ2v) is 5.51. The number of amides is 1. The molecule has 0 aromatic carbocycles. The van der Waals surface area contributed by atoms with E-state index in [1.54, 1.807) is 18.5 Å². The van der Waals surface area contributed by atoms with Crippen molar-refractivity contribution in [1.29, 1.82) is 0 Å². The molecule has 0 spiro atoms. The lowest BCUT2D eigenvalue weighted by molar-refractivity contribution is 0.0725. The first kappa shape index (κ1) is 15.8. The molecule has 21 heavy (non-hydrogen) atoms. The van der Waals surface area contributed by atoms with Crippen LogP contribution in [0.15, 0.2) is 18.5 Å². The van der Waals surface area contributed by atoms with Crippen molar-refractivity contribution in [1.82, 2.24) is 9.88 Å². The zero-order valence-electron chi connectivity index (χ0n) is 12.7. The van der Waals surface area contributed by atoms with Crippen LogP contribution < -0.4 is 5.32 Å². The van der Waals surface area contributed by atoms with Crippen LogP contribution in [0.5, 0.6) is 0 Å². The normalized spacial score (nSPS) is 18.0. The summed E-state index contributed by atoms with van der Waals surface area (Å²) < 4.78 is 0. The SMILES string of the molecule is CCCNc1cnccc1C(=O)N1CCCC1CCCO. The number of aliphatic hydroxyl groups is 1. The molecule has 0 saturated carbocycles. The number of hydrogen-bond donors (Lipinski definition) is 2. The zero-order chi connectivity index (χ0) is 15.1. The maximum atomic E-state index is 12.8. The number of carbonyl (C=O) groups is 1. The number of nitrogens with zero attached hydrogens (tertiary/aromatic N) is 2. The van der Waals surface area contributed by atoms with Gasteiger partial charge in [-0.05, 0) is 38.2 Å². The van der Waals surface area contributed by atoms with E-state index in [1.165, 1.54) is 0 Å². The first-order chi connectivity index (χ1) is 10.3. The third-order valence-electron chi connectivity index (χ3n) is 3.95. The smallest absolute Gasteiger partial charge is 0.256 e. The van der Waals surface area contributed by atoms with E-state index in [4.69, 9.17) is 5.11 Å². The highest BCUT2D eigenvalue weighted by Crippen LogP contribution is 2.25. The topological polar surface area (TPSA) is 65.5 Å². The van der Waals surface area contributed by atoms with Gasteiger partial charge in [0.2, 0.25) is 0 Å². The first-order valence-corrected chi connectivity index (χ1v) is 7.87. The summed E-state index contributed by atoms with van der Waals surface area (Å²) in [7, 11) is 0. The van der Waals surface area contributed by atoms with Crippen molar-refractivity contribution in [3.8, 4) is 0 Å². The highest BCUT2D eigenvalue weighted by molar-refractivity contribution is 5.99. The summed E-state index contributed by atoms with van der Waals surface area (Å²) in [6.07, 6.45) is 8.12. The average Bonchev–Trinajstić information content (AvgIpc) is 2.99. The van der Waals surface area contributed by atoms with Gasteiger partial charge in [-0.2, -0.15) is 0 Å². The van der Waals surface area contributed by atoms with Crippen molar-refractivity contribution in [3.05, 3.63) is 24.0 Å². The highest BCUT2D eigenvalue weighted by atomic mass is 16.3. The molecule has 1 aliphatic rings. The van der Waals surface area contributed by atoms with Gasteiger partial charge in [-0.3, -0.25) is 9.78 Å². The van der Waals surface area contributed by atoms with E-state index in [9.17, 15) is 4.79 Å². The second-order valence-electron chi connectivity index (χ2n) is 5.51. The molecule has 2 heterocycles. The summed E-state index contributed by atoms with van der Waals surface area (Å²) in [6, 6.07) is 2.05.